The first-order valence-corrected chi connectivity index (χ1v) is 7.82. The lowest BCUT2D eigenvalue weighted by molar-refractivity contribution is 0.0519. The molecule has 0 aliphatic heterocycles. The number of nitrogens with zero attached hydrogens (tertiary/aromatic N) is 2. The maximum atomic E-state index is 11.7. The maximum Gasteiger partial charge on any atom is 0.360 e. The quantitative estimate of drug-likeness (QED) is 0.732. The van der Waals surface area contributed by atoms with Crippen LogP contribution in [0.25, 0.3) is 21.1 Å². The summed E-state index contributed by atoms with van der Waals surface area (Å²) in [5, 5.41) is 7.85. The van der Waals surface area contributed by atoms with Gasteiger partial charge in [-0.25, -0.2) is 9.78 Å². The summed E-state index contributed by atoms with van der Waals surface area (Å²) >= 11 is 7.70. The van der Waals surface area contributed by atoms with E-state index in [1.54, 1.807) is 13.1 Å². The first kappa shape index (κ1) is 14.7. The van der Waals surface area contributed by atoms with E-state index in [1.807, 2.05) is 30.3 Å². The number of thiazole rings is 1. The van der Waals surface area contributed by atoms with Crippen molar-refractivity contribution in [3.8, 4) is 21.1 Å². The number of carbonyl (C=O) groups is 1. The van der Waals surface area contributed by atoms with Crippen LogP contribution < -0.4 is 0 Å². The second-order valence-electron chi connectivity index (χ2n) is 4.38. The highest BCUT2D eigenvalue weighted by Gasteiger charge is 2.21. The van der Waals surface area contributed by atoms with Crippen LogP contribution in [0.5, 0.6) is 0 Å². The minimum absolute atomic E-state index is 0.0909. The molecule has 7 heteroatoms. The van der Waals surface area contributed by atoms with Crippen molar-refractivity contribution in [3.63, 3.8) is 0 Å². The Hall–Kier alpha value is -2.18. The van der Waals surface area contributed by atoms with E-state index in [0.717, 1.165) is 15.4 Å². The Bertz CT molecular complexity index is 798. The van der Waals surface area contributed by atoms with E-state index in [-0.39, 0.29) is 17.3 Å². The summed E-state index contributed by atoms with van der Waals surface area (Å²) in [5.41, 5.74) is 1.69. The summed E-state index contributed by atoms with van der Waals surface area (Å²) < 4.78 is 4.91. The molecule has 0 bridgehead atoms. The number of aromatic amines is 1. The largest absolute Gasteiger partial charge is 0.461 e. The molecular weight excluding hydrogens is 322 g/mol. The SMILES string of the molecule is CCOC(=O)c1n[nH]c(-c2cnc(-c3ccccc3)s2)c1Cl. The third-order valence-corrected chi connectivity index (χ3v) is 4.38. The zero-order valence-corrected chi connectivity index (χ0v) is 13.2. The standard InChI is InChI=1S/C15H12ClN3O2S/c1-2-21-15(20)13-11(16)12(18-19-13)10-8-17-14(22-10)9-6-4-3-5-7-9/h3-8H,2H2,1H3,(H,18,19). The monoisotopic (exact) mass is 333 g/mol. The van der Waals surface area contributed by atoms with E-state index in [2.05, 4.69) is 15.2 Å². The van der Waals surface area contributed by atoms with Gasteiger partial charge in [0.25, 0.3) is 0 Å². The van der Waals surface area contributed by atoms with Crippen molar-refractivity contribution in [1.29, 1.82) is 0 Å². The first-order valence-electron chi connectivity index (χ1n) is 6.63. The molecule has 0 aliphatic rings. The smallest absolute Gasteiger partial charge is 0.360 e. The molecule has 0 unspecified atom stereocenters. The molecule has 2 heterocycles. The molecule has 0 saturated heterocycles. The van der Waals surface area contributed by atoms with Gasteiger partial charge in [-0.2, -0.15) is 5.10 Å². The van der Waals surface area contributed by atoms with Crippen LogP contribution in [-0.4, -0.2) is 27.8 Å². The van der Waals surface area contributed by atoms with Gasteiger partial charge >= 0.3 is 5.97 Å². The molecule has 1 N–H and O–H groups in total. The fourth-order valence-corrected chi connectivity index (χ4v) is 3.17. The van der Waals surface area contributed by atoms with E-state index >= 15 is 0 Å². The number of ether oxygens (including phenoxy) is 1. The Labute approximate surface area is 135 Å². The lowest BCUT2D eigenvalue weighted by Gasteiger charge is -1.97. The van der Waals surface area contributed by atoms with E-state index in [9.17, 15) is 4.79 Å². The van der Waals surface area contributed by atoms with Gasteiger partial charge < -0.3 is 4.74 Å². The van der Waals surface area contributed by atoms with E-state index in [4.69, 9.17) is 16.3 Å². The fraction of sp³-hybridized carbons (Fsp3) is 0.133. The van der Waals surface area contributed by atoms with Gasteiger partial charge in [0.15, 0.2) is 5.69 Å². The number of benzene rings is 1. The van der Waals surface area contributed by atoms with Crippen LogP contribution in [0.4, 0.5) is 0 Å². The summed E-state index contributed by atoms with van der Waals surface area (Å²) in [4.78, 5) is 16.9. The van der Waals surface area contributed by atoms with Crippen molar-refractivity contribution in [2.45, 2.75) is 6.92 Å². The van der Waals surface area contributed by atoms with Crippen molar-refractivity contribution in [1.82, 2.24) is 15.2 Å². The zero-order chi connectivity index (χ0) is 15.5. The number of halogens is 1. The summed E-state index contributed by atoms with van der Waals surface area (Å²) in [6.07, 6.45) is 1.71. The van der Waals surface area contributed by atoms with Gasteiger partial charge in [0.2, 0.25) is 0 Å². The van der Waals surface area contributed by atoms with Crippen molar-refractivity contribution in [2.75, 3.05) is 6.61 Å². The van der Waals surface area contributed by atoms with E-state index in [1.165, 1.54) is 11.3 Å². The molecule has 0 amide bonds. The third-order valence-electron chi connectivity index (χ3n) is 2.95. The van der Waals surface area contributed by atoms with Crippen LogP contribution >= 0.6 is 22.9 Å². The average Bonchev–Trinajstić information content (AvgIpc) is 3.15. The minimum Gasteiger partial charge on any atom is -0.461 e. The highest BCUT2D eigenvalue weighted by atomic mass is 35.5. The van der Waals surface area contributed by atoms with Gasteiger partial charge in [0.1, 0.15) is 10.0 Å². The first-order chi connectivity index (χ1) is 10.7. The van der Waals surface area contributed by atoms with Gasteiger partial charge in [0.05, 0.1) is 17.2 Å². The predicted octanol–water partition coefficient (Wildman–Crippen LogP) is 4.03. The van der Waals surface area contributed by atoms with Crippen molar-refractivity contribution >= 4 is 28.9 Å². The number of carbonyl (C=O) groups excluding carboxylic acids is 1. The third kappa shape index (κ3) is 2.75. The van der Waals surface area contributed by atoms with Crippen LogP contribution in [0.1, 0.15) is 17.4 Å². The van der Waals surface area contributed by atoms with E-state index < -0.39 is 5.97 Å². The zero-order valence-electron chi connectivity index (χ0n) is 11.7. The Morgan fingerprint density at radius 1 is 1.36 bits per heavy atom. The number of hydrogen-bond acceptors (Lipinski definition) is 5. The number of nitrogens with one attached hydrogen (secondary N) is 1. The number of H-pyrrole nitrogens is 1. The normalized spacial score (nSPS) is 10.6. The van der Waals surface area contributed by atoms with Gasteiger partial charge in [-0.1, -0.05) is 41.9 Å². The minimum atomic E-state index is -0.539. The predicted molar refractivity (Wildman–Crippen MR) is 86.1 cm³/mol. The van der Waals surface area contributed by atoms with Crippen LogP contribution in [0.15, 0.2) is 36.5 Å². The lowest BCUT2D eigenvalue weighted by Crippen LogP contribution is -2.05. The summed E-state index contributed by atoms with van der Waals surface area (Å²) in [5.74, 6) is -0.539. The lowest BCUT2D eigenvalue weighted by atomic mass is 10.2. The molecule has 1 aromatic carbocycles. The molecule has 0 aliphatic carbocycles. The van der Waals surface area contributed by atoms with Crippen LogP contribution in [0, 0.1) is 0 Å². The fourth-order valence-electron chi connectivity index (χ4n) is 1.93. The summed E-state index contributed by atoms with van der Waals surface area (Å²) in [7, 11) is 0. The number of esters is 1. The van der Waals surface area contributed by atoms with Gasteiger partial charge in [-0.3, -0.25) is 5.10 Å². The van der Waals surface area contributed by atoms with Crippen LogP contribution in [-0.2, 0) is 4.74 Å². The second kappa shape index (κ2) is 6.29. The van der Waals surface area contributed by atoms with Crippen LogP contribution in [0.3, 0.4) is 0 Å². The average molecular weight is 334 g/mol. The highest BCUT2D eigenvalue weighted by Crippen LogP contribution is 2.35. The summed E-state index contributed by atoms with van der Waals surface area (Å²) in [6.45, 7) is 2.00. The van der Waals surface area contributed by atoms with Gasteiger partial charge in [0, 0.05) is 11.8 Å². The molecule has 3 aromatic rings. The molecule has 0 fully saturated rings. The van der Waals surface area contributed by atoms with Crippen molar-refractivity contribution in [2.24, 2.45) is 0 Å². The van der Waals surface area contributed by atoms with Crippen molar-refractivity contribution < 1.29 is 9.53 Å². The molecule has 0 radical (unpaired) electrons. The molecule has 22 heavy (non-hydrogen) atoms. The molecule has 0 atom stereocenters. The Kier molecular flexibility index (Phi) is 4.22. The Morgan fingerprint density at radius 3 is 2.86 bits per heavy atom. The number of hydrogen-bond donors (Lipinski definition) is 1. The molecule has 2 aromatic heterocycles. The van der Waals surface area contributed by atoms with Gasteiger partial charge in [-0.15, -0.1) is 11.3 Å². The number of aromatic nitrogens is 3. The number of rotatable bonds is 4. The molecule has 0 saturated carbocycles. The summed E-state index contributed by atoms with van der Waals surface area (Å²) in [6, 6.07) is 9.84. The molecule has 112 valence electrons. The van der Waals surface area contributed by atoms with Gasteiger partial charge in [-0.05, 0) is 6.92 Å². The molecule has 3 rings (SSSR count). The second-order valence-corrected chi connectivity index (χ2v) is 5.79. The Morgan fingerprint density at radius 2 is 2.14 bits per heavy atom. The van der Waals surface area contributed by atoms with Crippen LogP contribution in [0.2, 0.25) is 5.02 Å². The molecular formula is C15H12ClN3O2S. The Balaban J connectivity index is 1.93. The molecule has 5 nitrogen and oxygen atoms in total. The van der Waals surface area contributed by atoms with Crippen molar-refractivity contribution in [3.05, 3.63) is 47.2 Å². The topological polar surface area (TPSA) is 67.9 Å². The molecule has 0 spiro atoms. The van der Waals surface area contributed by atoms with E-state index in [0.29, 0.717) is 5.69 Å². The maximum absolute atomic E-state index is 11.7. The highest BCUT2D eigenvalue weighted by molar-refractivity contribution is 7.18.